The van der Waals surface area contributed by atoms with Crippen LogP contribution in [0.25, 0.3) is 0 Å². The van der Waals surface area contributed by atoms with Crippen molar-refractivity contribution in [1.29, 1.82) is 5.26 Å². The van der Waals surface area contributed by atoms with Crippen LogP contribution in [0.2, 0.25) is 0 Å². The predicted octanol–water partition coefficient (Wildman–Crippen LogP) is 3.51. The van der Waals surface area contributed by atoms with Gasteiger partial charge in [-0.1, -0.05) is 18.7 Å². The van der Waals surface area contributed by atoms with Crippen molar-refractivity contribution in [3.63, 3.8) is 0 Å². The number of hydrogen-bond donors (Lipinski definition) is 1. The van der Waals surface area contributed by atoms with E-state index in [1.807, 2.05) is 19.9 Å². The Morgan fingerprint density at radius 1 is 1.48 bits per heavy atom. The Balaban J connectivity index is 2.15. The van der Waals surface area contributed by atoms with Gasteiger partial charge in [-0.3, -0.25) is 4.79 Å². The Labute approximate surface area is 139 Å². The molecule has 0 fully saturated rings. The van der Waals surface area contributed by atoms with Crippen LogP contribution < -0.4 is 5.73 Å². The van der Waals surface area contributed by atoms with Crippen molar-refractivity contribution in [2.24, 2.45) is 5.73 Å². The Kier molecular flexibility index (Phi) is 4.22. The molecule has 23 heavy (non-hydrogen) atoms. The molecule has 5 nitrogen and oxygen atoms in total. The number of aryl methyl sites for hydroxylation is 1. The zero-order valence-electron chi connectivity index (χ0n) is 13.1. The molecular formula is C17H18N2O3S. The summed E-state index contributed by atoms with van der Waals surface area (Å²) < 4.78 is 11.3. The van der Waals surface area contributed by atoms with Crippen LogP contribution in [0.3, 0.4) is 0 Å². The molecule has 1 aliphatic carbocycles. The summed E-state index contributed by atoms with van der Waals surface area (Å²) in [4.78, 5) is 12.5. The first kappa shape index (κ1) is 15.8. The predicted molar refractivity (Wildman–Crippen MR) is 86.4 cm³/mol. The number of nitrogens with zero attached hydrogens (tertiary/aromatic N) is 1. The minimum Gasteiger partial charge on any atom is -0.455 e. The van der Waals surface area contributed by atoms with E-state index in [2.05, 4.69) is 6.07 Å². The Hall–Kier alpha value is -2.13. The van der Waals surface area contributed by atoms with E-state index >= 15 is 0 Å². The SMILES string of the molecule is CCSc1cc(C2C(C#N)=C(N)OC3=C2C(=O)CCC3)c(C)o1. The van der Waals surface area contributed by atoms with E-state index in [4.69, 9.17) is 14.9 Å². The minimum absolute atomic E-state index is 0.0294. The summed E-state index contributed by atoms with van der Waals surface area (Å²) >= 11 is 1.58. The molecule has 0 bridgehead atoms. The van der Waals surface area contributed by atoms with E-state index in [9.17, 15) is 10.1 Å². The molecule has 6 heteroatoms. The largest absolute Gasteiger partial charge is 0.455 e. The molecule has 0 saturated carbocycles. The topological polar surface area (TPSA) is 89.3 Å². The zero-order valence-corrected chi connectivity index (χ0v) is 14.0. The number of Topliss-reactive ketones (excluding diaryl/α,β-unsaturated/α-hetero) is 1. The molecule has 2 N–H and O–H groups in total. The molecule has 120 valence electrons. The smallest absolute Gasteiger partial charge is 0.205 e. The zero-order chi connectivity index (χ0) is 16.6. The van der Waals surface area contributed by atoms with Crippen molar-refractivity contribution >= 4 is 17.5 Å². The number of nitriles is 1. The summed E-state index contributed by atoms with van der Waals surface area (Å²) in [6.07, 6.45) is 1.90. The van der Waals surface area contributed by atoms with Gasteiger partial charge in [0.05, 0.1) is 5.92 Å². The number of allylic oxidation sites excluding steroid dienone is 3. The molecule has 0 spiro atoms. The number of furan rings is 1. The summed E-state index contributed by atoms with van der Waals surface area (Å²) in [6, 6.07) is 4.03. The summed E-state index contributed by atoms with van der Waals surface area (Å²) in [6.45, 7) is 3.89. The number of rotatable bonds is 3. The molecule has 2 heterocycles. The standard InChI is InChI=1S/C17H18N2O3S/c1-3-23-14-7-10(9(2)21-14)15-11(8-18)17(19)22-13-6-4-5-12(20)16(13)15/h7,15H,3-6,19H2,1-2H3. The van der Waals surface area contributed by atoms with E-state index in [-0.39, 0.29) is 17.2 Å². The third-order valence-corrected chi connectivity index (χ3v) is 4.91. The molecule has 2 aliphatic rings. The van der Waals surface area contributed by atoms with Crippen molar-refractivity contribution < 1.29 is 13.9 Å². The number of nitrogens with two attached hydrogens (primary N) is 1. The van der Waals surface area contributed by atoms with E-state index in [0.29, 0.717) is 29.9 Å². The molecule has 1 unspecified atom stereocenters. The number of carbonyl (C=O) groups is 1. The van der Waals surface area contributed by atoms with E-state index in [0.717, 1.165) is 22.8 Å². The maximum absolute atomic E-state index is 12.5. The first-order valence-corrected chi connectivity index (χ1v) is 8.62. The Morgan fingerprint density at radius 3 is 2.96 bits per heavy atom. The van der Waals surface area contributed by atoms with Gasteiger partial charge in [-0.2, -0.15) is 5.26 Å². The highest BCUT2D eigenvalue weighted by Gasteiger charge is 2.39. The first-order valence-electron chi connectivity index (χ1n) is 7.63. The van der Waals surface area contributed by atoms with Crippen LogP contribution in [0.15, 0.2) is 38.4 Å². The second-order valence-corrected chi connectivity index (χ2v) is 6.82. The van der Waals surface area contributed by atoms with Crippen LogP contribution in [-0.4, -0.2) is 11.5 Å². The minimum atomic E-state index is -0.480. The summed E-state index contributed by atoms with van der Waals surface area (Å²) in [5.41, 5.74) is 7.62. The summed E-state index contributed by atoms with van der Waals surface area (Å²) in [5.74, 6) is 1.84. The molecule has 1 atom stereocenters. The normalized spacial score (nSPS) is 21.1. The lowest BCUT2D eigenvalue weighted by Gasteiger charge is -2.30. The monoisotopic (exact) mass is 330 g/mol. The number of ketones is 1. The maximum atomic E-state index is 12.5. The Bertz CT molecular complexity index is 767. The van der Waals surface area contributed by atoms with Crippen molar-refractivity contribution in [2.75, 3.05) is 5.75 Å². The van der Waals surface area contributed by atoms with E-state index in [1.165, 1.54) is 0 Å². The van der Waals surface area contributed by atoms with Crippen LogP contribution in [0, 0.1) is 18.3 Å². The maximum Gasteiger partial charge on any atom is 0.205 e. The van der Waals surface area contributed by atoms with Gasteiger partial charge >= 0.3 is 0 Å². The molecule has 0 amide bonds. The third kappa shape index (κ3) is 2.66. The molecule has 1 aromatic heterocycles. The summed E-state index contributed by atoms with van der Waals surface area (Å²) in [5, 5.41) is 10.3. The molecule has 0 saturated heterocycles. The van der Waals surface area contributed by atoms with Gasteiger partial charge in [0, 0.05) is 24.0 Å². The Morgan fingerprint density at radius 2 is 2.26 bits per heavy atom. The van der Waals surface area contributed by atoms with Gasteiger partial charge in [0.25, 0.3) is 0 Å². The van der Waals surface area contributed by atoms with Gasteiger partial charge in [0.2, 0.25) is 5.88 Å². The van der Waals surface area contributed by atoms with Crippen LogP contribution in [0.5, 0.6) is 0 Å². The van der Waals surface area contributed by atoms with Gasteiger partial charge in [-0.25, -0.2) is 0 Å². The van der Waals surface area contributed by atoms with Gasteiger partial charge in [-0.15, -0.1) is 0 Å². The second-order valence-electron chi connectivity index (χ2n) is 5.55. The van der Waals surface area contributed by atoms with Crippen molar-refractivity contribution in [1.82, 2.24) is 0 Å². The van der Waals surface area contributed by atoms with Crippen molar-refractivity contribution in [2.45, 2.75) is 44.1 Å². The highest BCUT2D eigenvalue weighted by Crippen LogP contribution is 2.45. The second kappa shape index (κ2) is 6.17. The third-order valence-electron chi connectivity index (χ3n) is 4.14. The lowest BCUT2D eigenvalue weighted by molar-refractivity contribution is -0.116. The molecule has 0 radical (unpaired) electrons. The fraction of sp³-hybridized carbons (Fsp3) is 0.412. The van der Waals surface area contributed by atoms with Gasteiger partial charge in [0.1, 0.15) is 23.2 Å². The fourth-order valence-corrected chi connectivity index (χ4v) is 3.81. The first-order chi connectivity index (χ1) is 11.1. The van der Waals surface area contributed by atoms with Crippen LogP contribution >= 0.6 is 11.8 Å². The molecule has 0 aromatic carbocycles. The highest BCUT2D eigenvalue weighted by atomic mass is 32.2. The van der Waals surface area contributed by atoms with Crippen LogP contribution in [0.4, 0.5) is 0 Å². The van der Waals surface area contributed by atoms with Crippen molar-refractivity contribution in [3.05, 3.63) is 40.2 Å². The number of carbonyl (C=O) groups excluding carboxylic acids is 1. The number of hydrogen-bond acceptors (Lipinski definition) is 6. The molecule has 1 aliphatic heterocycles. The van der Waals surface area contributed by atoms with Crippen molar-refractivity contribution in [3.8, 4) is 6.07 Å². The molecule has 1 aromatic rings. The van der Waals surface area contributed by atoms with E-state index < -0.39 is 5.92 Å². The summed E-state index contributed by atoms with van der Waals surface area (Å²) in [7, 11) is 0. The van der Waals surface area contributed by atoms with Crippen LogP contribution in [0.1, 0.15) is 43.4 Å². The lowest BCUT2D eigenvalue weighted by atomic mass is 9.78. The average Bonchev–Trinajstić information content (AvgIpc) is 2.87. The molecule has 3 rings (SSSR count). The number of thioether (sulfide) groups is 1. The average molecular weight is 330 g/mol. The van der Waals surface area contributed by atoms with Gasteiger partial charge in [0.15, 0.2) is 10.9 Å². The van der Waals surface area contributed by atoms with Gasteiger partial charge in [-0.05, 0) is 25.2 Å². The number of ether oxygens (including phenoxy) is 1. The van der Waals surface area contributed by atoms with Crippen LogP contribution in [-0.2, 0) is 9.53 Å². The fourth-order valence-electron chi connectivity index (χ4n) is 3.14. The van der Waals surface area contributed by atoms with Gasteiger partial charge < -0.3 is 14.9 Å². The lowest BCUT2D eigenvalue weighted by Crippen LogP contribution is -2.27. The molecular weight excluding hydrogens is 312 g/mol. The quantitative estimate of drug-likeness (QED) is 0.853. The highest BCUT2D eigenvalue weighted by molar-refractivity contribution is 7.99. The van der Waals surface area contributed by atoms with E-state index in [1.54, 1.807) is 11.8 Å².